The van der Waals surface area contributed by atoms with Crippen molar-refractivity contribution in [2.45, 2.75) is 18.6 Å². The third-order valence-corrected chi connectivity index (χ3v) is 7.10. The van der Waals surface area contributed by atoms with E-state index in [1.807, 2.05) is 24.3 Å². The maximum atomic E-state index is 13.3. The summed E-state index contributed by atoms with van der Waals surface area (Å²) in [6, 6.07) is 12.8. The van der Waals surface area contributed by atoms with Crippen molar-refractivity contribution in [3.63, 3.8) is 0 Å². The van der Waals surface area contributed by atoms with Crippen molar-refractivity contribution in [1.29, 1.82) is 0 Å². The first kappa shape index (κ1) is 22.3. The molecular weight excluding hydrogens is 476 g/mol. The van der Waals surface area contributed by atoms with Gasteiger partial charge < -0.3 is 14.9 Å². The van der Waals surface area contributed by atoms with Gasteiger partial charge in [0, 0.05) is 10.6 Å². The number of aliphatic hydroxyl groups is 2. The minimum Gasteiger partial charge on any atom is -0.507 e. The molecule has 34 heavy (non-hydrogen) atoms. The molecule has 2 N–H and O–H groups in total. The second-order valence-corrected chi connectivity index (χ2v) is 9.29. The molecule has 2 heterocycles. The Kier molecular flexibility index (Phi) is 5.73. The van der Waals surface area contributed by atoms with Gasteiger partial charge >= 0.3 is 5.91 Å². The van der Waals surface area contributed by atoms with Crippen molar-refractivity contribution in [1.82, 2.24) is 4.98 Å². The second kappa shape index (κ2) is 8.72. The van der Waals surface area contributed by atoms with E-state index in [0.29, 0.717) is 32.6 Å². The molecule has 9 heteroatoms. The van der Waals surface area contributed by atoms with Gasteiger partial charge in [-0.3, -0.25) is 14.5 Å². The fourth-order valence-corrected chi connectivity index (χ4v) is 5.26. The Morgan fingerprint density at radius 1 is 1.18 bits per heavy atom. The molecule has 2 unspecified atom stereocenters. The lowest BCUT2D eigenvalue weighted by molar-refractivity contribution is -0.132. The molecule has 5 rings (SSSR count). The van der Waals surface area contributed by atoms with Crippen LogP contribution in [-0.4, -0.2) is 46.1 Å². The van der Waals surface area contributed by atoms with Crippen molar-refractivity contribution in [2.24, 2.45) is 0 Å². The average molecular weight is 495 g/mol. The number of aromatic nitrogens is 1. The zero-order chi connectivity index (χ0) is 24.0. The molecule has 2 aromatic carbocycles. The van der Waals surface area contributed by atoms with E-state index in [1.54, 1.807) is 36.4 Å². The molecule has 7 nitrogen and oxygen atoms in total. The number of nitrogens with zero attached hydrogens (tertiary/aromatic N) is 2. The number of halogens is 1. The number of benzene rings is 2. The van der Waals surface area contributed by atoms with Crippen LogP contribution in [0, 0.1) is 0 Å². The largest absolute Gasteiger partial charge is 0.507 e. The topological polar surface area (TPSA) is 100.0 Å². The third-order valence-electron chi connectivity index (χ3n) is 5.82. The summed E-state index contributed by atoms with van der Waals surface area (Å²) in [5.41, 5.74) is 1.52. The van der Waals surface area contributed by atoms with E-state index in [0.717, 1.165) is 4.70 Å². The lowest BCUT2D eigenvalue weighted by atomic mass is 9.91. The highest BCUT2D eigenvalue weighted by atomic mass is 35.5. The number of fused-ring (bicyclic) bond motifs is 1. The highest BCUT2D eigenvalue weighted by Crippen LogP contribution is 2.41. The standard InChI is InChI=1S/C25H19ClN2O5S/c1-33-18-12-14(8-11-17(18)29)21-20(22(30)13-6-9-15(26)10-7-13)23(31)24(32)28(21)25-27-16-4-2-3-5-19(16)34-25/h2-10,12,17,21,29-30H,11H2,1H3. The number of thiazole rings is 1. The van der Waals surface area contributed by atoms with Crippen LogP contribution in [-0.2, 0) is 14.3 Å². The van der Waals surface area contributed by atoms with E-state index < -0.39 is 23.8 Å². The quantitative estimate of drug-likeness (QED) is 0.316. The first-order chi connectivity index (χ1) is 16.4. The van der Waals surface area contributed by atoms with E-state index in [9.17, 15) is 19.8 Å². The third kappa shape index (κ3) is 3.69. The van der Waals surface area contributed by atoms with Crippen LogP contribution < -0.4 is 4.90 Å². The van der Waals surface area contributed by atoms with Crippen LogP contribution in [0.5, 0.6) is 0 Å². The number of anilines is 1. The van der Waals surface area contributed by atoms with Gasteiger partial charge in [-0.1, -0.05) is 41.1 Å². The number of carbonyl (C=O) groups excluding carboxylic acids is 2. The van der Waals surface area contributed by atoms with E-state index >= 15 is 0 Å². The number of aliphatic hydroxyl groups excluding tert-OH is 2. The molecule has 2 atom stereocenters. The number of hydrogen-bond donors (Lipinski definition) is 2. The average Bonchev–Trinajstić information content (AvgIpc) is 3.38. The summed E-state index contributed by atoms with van der Waals surface area (Å²) in [7, 11) is 1.44. The zero-order valence-corrected chi connectivity index (χ0v) is 19.5. The lowest BCUT2D eigenvalue weighted by Gasteiger charge is -2.27. The molecule has 1 aromatic heterocycles. The molecule has 0 radical (unpaired) electrons. The highest BCUT2D eigenvalue weighted by Gasteiger charge is 2.49. The molecule has 1 aliphatic heterocycles. The molecular formula is C25H19ClN2O5S. The van der Waals surface area contributed by atoms with Gasteiger partial charge in [0.2, 0.25) is 0 Å². The first-order valence-electron chi connectivity index (χ1n) is 10.4. The molecule has 0 spiro atoms. The number of para-hydroxylation sites is 1. The van der Waals surface area contributed by atoms with Gasteiger partial charge in [-0.05, 0) is 54.5 Å². The van der Waals surface area contributed by atoms with E-state index in [2.05, 4.69) is 4.98 Å². The van der Waals surface area contributed by atoms with Crippen molar-refractivity contribution >= 4 is 55.7 Å². The minimum atomic E-state index is -0.950. The number of rotatable bonds is 4. The van der Waals surface area contributed by atoms with Gasteiger partial charge in [-0.15, -0.1) is 0 Å². The number of amides is 1. The number of Topliss-reactive ketones (excluding diaryl/α,β-unsaturated/α-hetero) is 1. The van der Waals surface area contributed by atoms with Crippen molar-refractivity contribution < 1.29 is 24.5 Å². The minimum absolute atomic E-state index is 0.0686. The number of methoxy groups -OCH3 is 1. The van der Waals surface area contributed by atoms with Crippen LogP contribution in [0.2, 0.25) is 5.02 Å². The van der Waals surface area contributed by atoms with E-state index in [-0.39, 0.29) is 17.8 Å². The Hall–Kier alpha value is -3.46. The summed E-state index contributed by atoms with van der Waals surface area (Å²) >= 11 is 7.26. The van der Waals surface area contributed by atoms with Crippen LogP contribution in [0.25, 0.3) is 16.0 Å². The fourth-order valence-electron chi connectivity index (χ4n) is 4.14. The summed E-state index contributed by atoms with van der Waals surface area (Å²) < 4.78 is 6.16. The smallest absolute Gasteiger partial charge is 0.301 e. The van der Waals surface area contributed by atoms with Gasteiger partial charge in [-0.2, -0.15) is 0 Å². The van der Waals surface area contributed by atoms with E-state index in [4.69, 9.17) is 16.3 Å². The predicted octanol–water partition coefficient (Wildman–Crippen LogP) is 4.42. The maximum Gasteiger partial charge on any atom is 0.301 e. The summed E-state index contributed by atoms with van der Waals surface area (Å²) in [4.78, 5) is 32.5. The van der Waals surface area contributed by atoms with Crippen LogP contribution in [0.4, 0.5) is 5.13 Å². The van der Waals surface area contributed by atoms with Gasteiger partial charge in [0.25, 0.3) is 5.78 Å². The van der Waals surface area contributed by atoms with Crippen LogP contribution in [0.15, 0.2) is 77.6 Å². The van der Waals surface area contributed by atoms with Crippen molar-refractivity contribution in [3.05, 3.63) is 88.2 Å². The first-order valence-corrected chi connectivity index (χ1v) is 11.6. The summed E-state index contributed by atoms with van der Waals surface area (Å²) in [6.07, 6.45) is 2.73. The molecule has 3 aromatic rings. The number of ether oxygens (including phenoxy) is 1. The summed E-state index contributed by atoms with van der Waals surface area (Å²) in [6.45, 7) is 0. The van der Waals surface area contributed by atoms with Crippen molar-refractivity contribution in [3.8, 4) is 0 Å². The molecule has 0 bridgehead atoms. The monoisotopic (exact) mass is 494 g/mol. The molecule has 1 amide bonds. The Balaban J connectivity index is 1.71. The summed E-state index contributed by atoms with van der Waals surface area (Å²) in [5.74, 6) is -1.63. The lowest BCUT2D eigenvalue weighted by Crippen LogP contribution is -2.36. The molecule has 0 saturated carbocycles. The van der Waals surface area contributed by atoms with Gasteiger partial charge in [0.1, 0.15) is 17.6 Å². The molecule has 1 saturated heterocycles. The maximum absolute atomic E-state index is 13.3. The van der Waals surface area contributed by atoms with Gasteiger partial charge in [0.05, 0.1) is 28.9 Å². The molecule has 1 aliphatic carbocycles. The Labute approximate surface area is 203 Å². The Morgan fingerprint density at radius 2 is 1.91 bits per heavy atom. The van der Waals surface area contributed by atoms with Crippen LogP contribution in [0.3, 0.4) is 0 Å². The highest BCUT2D eigenvalue weighted by molar-refractivity contribution is 7.22. The molecule has 2 aliphatic rings. The van der Waals surface area contributed by atoms with Crippen molar-refractivity contribution in [2.75, 3.05) is 12.0 Å². The second-order valence-electron chi connectivity index (χ2n) is 7.85. The van der Waals surface area contributed by atoms with Gasteiger partial charge in [0.15, 0.2) is 5.13 Å². The summed E-state index contributed by atoms with van der Waals surface area (Å²) in [5, 5.41) is 22.2. The fraction of sp³-hybridized carbons (Fsp3) is 0.160. The number of carbonyl (C=O) groups is 2. The van der Waals surface area contributed by atoms with Gasteiger partial charge in [-0.25, -0.2) is 4.98 Å². The zero-order valence-electron chi connectivity index (χ0n) is 17.9. The Bertz CT molecular complexity index is 1370. The normalized spacial score (nSPS) is 22.1. The Morgan fingerprint density at radius 3 is 2.62 bits per heavy atom. The van der Waals surface area contributed by atoms with Crippen LogP contribution in [0.1, 0.15) is 12.0 Å². The number of ketones is 1. The predicted molar refractivity (Wildman–Crippen MR) is 131 cm³/mol. The SMILES string of the molecule is COC1=CC(C2C(=C(O)c3ccc(Cl)cc3)C(=O)C(=O)N2c2nc3ccccc3s2)=CCC1O. The molecule has 1 fully saturated rings. The molecule has 172 valence electrons. The van der Waals surface area contributed by atoms with Crippen LogP contribution >= 0.6 is 22.9 Å². The van der Waals surface area contributed by atoms with E-state index in [1.165, 1.54) is 23.3 Å². The number of hydrogen-bond acceptors (Lipinski definition) is 7.